The number of amides is 1. The van der Waals surface area contributed by atoms with Gasteiger partial charge in [-0.05, 0) is 121 Å². The van der Waals surface area contributed by atoms with Crippen LogP contribution in [0.5, 0.6) is 34.5 Å². The van der Waals surface area contributed by atoms with Crippen molar-refractivity contribution in [3.05, 3.63) is 215 Å². The summed E-state index contributed by atoms with van der Waals surface area (Å²) in [7, 11) is 4.63. The number of carboxylic acids is 1. The van der Waals surface area contributed by atoms with Crippen LogP contribution in [0.2, 0.25) is 0 Å². The van der Waals surface area contributed by atoms with Crippen LogP contribution in [0.3, 0.4) is 0 Å². The van der Waals surface area contributed by atoms with Crippen LogP contribution >= 0.6 is 0 Å². The molecular formula is C61H53F2N9O7. The smallest absolute Gasteiger partial charge is 0.364 e. The van der Waals surface area contributed by atoms with E-state index in [0.717, 1.165) is 39.8 Å². The molecule has 10 aromatic rings. The van der Waals surface area contributed by atoms with E-state index in [1.165, 1.54) is 13.1 Å². The van der Waals surface area contributed by atoms with Gasteiger partial charge in [-0.15, -0.1) is 0 Å². The number of fused-ring (bicyclic) bond motifs is 2. The molecule has 18 heteroatoms. The van der Waals surface area contributed by atoms with E-state index < -0.39 is 23.5 Å². The molecule has 0 atom stereocenters. The zero-order valence-corrected chi connectivity index (χ0v) is 43.6. The molecule has 4 aromatic heterocycles. The third kappa shape index (κ3) is 13.4. The molecule has 0 radical (unpaired) electrons. The van der Waals surface area contributed by atoms with Gasteiger partial charge in [-0.2, -0.15) is 14.6 Å². The fraction of sp³-hybridized carbons (Fsp3) is 0.115. The first-order valence-corrected chi connectivity index (χ1v) is 24.7. The Hall–Kier alpha value is -10.4. The van der Waals surface area contributed by atoms with Crippen molar-refractivity contribution >= 4 is 69.1 Å². The maximum atomic E-state index is 14.2. The molecule has 398 valence electrons. The predicted octanol–water partition coefficient (Wildman–Crippen LogP) is 13.1. The van der Waals surface area contributed by atoms with E-state index >= 15 is 0 Å². The van der Waals surface area contributed by atoms with Crippen LogP contribution in [-0.4, -0.2) is 67.8 Å². The Bertz CT molecular complexity index is 3840. The molecular weight excluding hydrogens is 1010 g/mol. The van der Waals surface area contributed by atoms with E-state index in [9.17, 15) is 18.4 Å². The quantitative estimate of drug-likeness (QED) is 0.0595. The topological polar surface area (TPSA) is 189 Å². The summed E-state index contributed by atoms with van der Waals surface area (Å²) in [6.45, 7) is 4.92. The Morgan fingerprint density at radius 2 is 0.962 bits per heavy atom. The molecule has 4 heterocycles. The highest BCUT2D eigenvalue weighted by molar-refractivity contribution is 5.97. The number of aromatic nitrogens is 6. The van der Waals surface area contributed by atoms with Gasteiger partial charge in [-0.1, -0.05) is 83.9 Å². The molecule has 10 rings (SSSR count). The number of anilines is 4. The van der Waals surface area contributed by atoms with E-state index in [-0.39, 0.29) is 0 Å². The Morgan fingerprint density at radius 3 is 1.35 bits per heavy atom. The lowest BCUT2D eigenvalue weighted by Crippen LogP contribution is -2.17. The molecule has 0 saturated heterocycles. The first-order chi connectivity index (χ1) is 38.3. The van der Waals surface area contributed by atoms with Gasteiger partial charge in [-0.3, -0.25) is 4.79 Å². The second kappa shape index (κ2) is 24.5. The number of hydrogen-bond donors (Lipinski definition) is 4. The summed E-state index contributed by atoms with van der Waals surface area (Å²) in [6, 6.07) is 48.3. The number of aryl methyl sites for hydroxylation is 2. The lowest BCUT2D eigenvalue weighted by Gasteiger charge is -2.09. The number of carboxylic acid groups (broad SMARTS) is 1. The van der Waals surface area contributed by atoms with E-state index in [1.807, 2.05) is 117 Å². The maximum absolute atomic E-state index is 14.2. The van der Waals surface area contributed by atoms with Crippen molar-refractivity contribution in [2.75, 3.05) is 31.9 Å². The van der Waals surface area contributed by atoms with E-state index in [1.54, 1.807) is 90.6 Å². The summed E-state index contributed by atoms with van der Waals surface area (Å²) in [6.07, 6.45) is 5.50. The number of methoxy groups -OCH3 is 2. The van der Waals surface area contributed by atoms with Gasteiger partial charge in [-0.25, -0.2) is 28.5 Å². The minimum Gasteiger partial charge on any atom is -0.497 e. The van der Waals surface area contributed by atoms with Gasteiger partial charge in [0.2, 0.25) is 5.83 Å². The maximum Gasteiger partial charge on any atom is 0.364 e. The van der Waals surface area contributed by atoms with Crippen LogP contribution in [0.15, 0.2) is 182 Å². The monoisotopic (exact) mass is 1060 g/mol. The molecule has 0 bridgehead atoms. The first-order valence-electron chi connectivity index (χ1n) is 24.7. The van der Waals surface area contributed by atoms with Crippen molar-refractivity contribution in [3.63, 3.8) is 0 Å². The number of nitrogens with one attached hydrogen (secondary N) is 3. The van der Waals surface area contributed by atoms with E-state index in [2.05, 4.69) is 25.9 Å². The standard InChI is InChI=1S/C31H28FN5O3.C30H25FN4O4/c1-20-7-11-25(12-8-20)40-27-15-16-34-30-28(27)29(36-37(30)19-21-9-13-24(39-3)14-10-21)35-23-6-4-5-22(17-23)18-26(32)31(38)33-2;1-19-6-10-24(11-7-19)39-26-14-15-32-29-27(26)28(34-35(29)18-20-8-12-23(38-2)13-9-20)33-22-5-3-4-21(16-22)17-25(31)30(36)37/h4-18H,19H2,1-3H3,(H,33,38)(H,35,36);3-17H,18H2,1-2H3,(H,33,34)(H,36,37)/b26-18-;25-17-. The van der Waals surface area contributed by atoms with Gasteiger partial charge in [0.15, 0.2) is 28.8 Å². The highest BCUT2D eigenvalue weighted by Crippen LogP contribution is 2.38. The lowest BCUT2D eigenvalue weighted by atomic mass is 10.1. The minimum atomic E-state index is -1.62. The molecule has 0 fully saturated rings. The number of pyridine rings is 2. The minimum absolute atomic E-state index is 0.385. The van der Waals surface area contributed by atoms with Crippen LogP contribution in [0.1, 0.15) is 33.4 Å². The molecule has 16 nitrogen and oxygen atoms in total. The predicted molar refractivity (Wildman–Crippen MR) is 301 cm³/mol. The van der Waals surface area contributed by atoms with Gasteiger partial charge in [0.25, 0.3) is 5.91 Å². The summed E-state index contributed by atoms with van der Waals surface area (Å²) in [5, 5.41) is 28.8. The molecule has 0 saturated carbocycles. The lowest BCUT2D eigenvalue weighted by molar-refractivity contribution is -0.134. The van der Waals surface area contributed by atoms with Crippen molar-refractivity contribution in [1.29, 1.82) is 0 Å². The third-order valence-electron chi connectivity index (χ3n) is 12.2. The average Bonchev–Trinajstić information content (AvgIpc) is 4.19. The van der Waals surface area contributed by atoms with Crippen molar-refractivity contribution in [2.24, 2.45) is 0 Å². The Morgan fingerprint density at radius 1 is 0.557 bits per heavy atom. The van der Waals surface area contributed by atoms with Crippen molar-refractivity contribution < 1.29 is 42.4 Å². The number of carbonyl (C=O) groups excluding carboxylic acids is 1. The van der Waals surface area contributed by atoms with Crippen molar-refractivity contribution in [1.82, 2.24) is 34.8 Å². The van der Waals surface area contributed by atoms with Crippen LogP contribution in [0.4, 0.5) is 31.8 Å². The first kappa shape index (κ1) is 53.5. The Balaban J connectivity index is 0.000000192. The van der Waals surface area contributed by atoms with Crippen molar-refractivity contribution in [2.45, 2.75) is 26.9 Å². The van der Waals surface area contributed by atoms with Crippen LogP contribution in [0, 0.1) is 13.8 Å². The van der Waals surface area contributed by atoms with Gasteiger partial charge < -0.3 is 40.0 Å². The number of ether oxygens (including phenoxy) is 4. The highest BCUT2D eigenvalue weighted by atomic mass is 19.1. The molecule has 79 heavy (non-hydrogen) atoms. The Labute approximate surface area is 453 Å². The van der Waals surface area contributed by atoms with Gasteiger partial charge in [0.1, 0.15) is 45.3 Å². The summed E-state index contributed by atoms with van der Waals surface area (Å²) in [5.74, 6) is 0.468. The normalized spacial score (nSPS) is 11.4. The molecule has 0 aliphatic heterocycles. The van der Waals surface area contributed by atoms with Crippen molar-refractivity contribution in [3.8, 4) is 34.5 Å². The summed E-state index contributed by atoms with van der Waals surface area (Å²) >= 11 is 0. The zero-order valence-electron chi connectivity index (χ0n) is 43.6. The van der Waals surface area contributed by atoms with Gasteiger partial charge >= 0.3 is 5.97 Å². The van der Waals surface area contributed by atoms with E-state index in [4.69, 9.17) is 34.3 Å². The second-order valence-corrected chi connectivity index (χ2v) is 17.9. The molecule has 0 aliphatic rings. The second-order valence-electron chi connectivity index (χ2n) is 17.9. The number of likely N-dealkylation sites (N-methyl/N-ethyl adjacent to an activating group) is 1. The highest BCUT2D eigenvalue weighted by Gasteiger charge is 2.21. The SMILES string of the molecule is CNC(=O)/C(F)=C/c1cccc(Nc2nn(Cc3ccc(OC)cc3)c3nccc(Oc4ccc(C)cc4)c23)c1.COc1ccc(Cn2nc(Nc3cccc(/C=C(\F)C(=O)O)c3)c3c(Oc4ccc(C)cc4)ccnc32)cc1. The van der Waals surface area contributed by atoms with Crippen LogP contribution < -0.4 is 34.9 Å². The van der Waals surface area contributed by atoms with E-state index in [0.29, 0.717) is 92.3 Å². The fourth-order valence-corrected chi connectivity index (χ4v) is 8.21. The summed E-state index contributed by atoms with van der Waals surface area (Å²) < 4.78 is 54.5. The number of hydrogen-bond acceptors (Lipinski definition) is 12. The molecule has 6 aromatic carbocycles. The number of nitrogens with zero attached hydrogens (tertiary/aromatic N) is 6. The molecule has 0 aliphatic carbocycles. The molecule has 1 amide bonds. The zero-order chi connectivity index (χ0) is 55.4. The summed E-state index contributed by atoms with van der Waals surface area (Å²) in [4.78, 5) is 31.8. The average molecular weight is 1060 g/mol. The number of halogens is 2. The number of rotatable bonds is 18. The molecule has 0 unspecified atom stereocenters. The van der Waals surface area contributed by atoms with Crippen LogP contribution in [0.25, 0.3) is 34.2 Å². The van der Waals surface area contributed by atoms with Crippen LogP contribution in [-0.2, 0) is 22.7 Å². The molecule has 4 N–H and O–H groups in total. The third-order valence-corrected chi connectivity index (χ3v) is 12.2. The largest absolute Gasteiger partial charge is 0.497 e. The number of benzene rings is 6. The van der Waals surface area contributed by atoms with Gasteiger partial charge in [0, 0.05) is 42.9 Å². The Kier molecular flexibility index (Phi) is 16.6. The number of aliphatic carboxylic acids is 1. The van der Waals surface area contributed by atoms with Gasteiger partial charge in [0.05, 0.1) is 27.3 Å². The fourth-order valence-electron chi connectivity index (χ4n) is 8.21. The summed E-state index contributed by atoms with van der Waals surface area (Å²) in [5.41, 5.74) is 7.63. The number of carbonyl (C=O) groups is 2. The molecule has 0 spiro atoms.